The largest absolute Gasteiger partial charge is 0.466 e. The average Bonchev–Trinajstić information content (AvgIpc) is 2.19. The number of aromatic nitrogens is 1. The summed E-state index contributed by atoms with van der Waals surface area (Å²) in [5.74, 6) is -2.06. The standard InChI is InChI=1S/C10H9F4NO2/c1-2-17-9(16)3-6-5-15-8(11)4-7(6)10(12,13)14/h4-5H,2-3H2,1H3. The Bertz CT molecular complexity index is 417. The Kier molecular flexibility index (Phi) is 4.03. The van der Waals surface area contributed by atoms with Crippen LogP contribution < -0.4 is 0 Å². The first-order valence-corrected chi connectivity index (χ1v) is 4.71. The molecule has 1 aromatic rings. The molecule has 0 aliphatic carbocycles. The Morgan fingerprint density at radius 1 is 1.47 bits per heavy atom. The molecule has 0 radical (unpaired) electrons. The minimum absolute atomic E-state index is 0.0643. The van der Waals surface area contributed by atoms with E-state index < -0.39 is 35.6 Å². The van der Waals surface area contributed by atoms with Gasteiger partial charge in [-0.1, -0.05) is 0 Å². The molecular weight excluding hydrogens is 242 g/mol. The topological polar surface area (TPSA) is 39.2 Å². The quantitative estimate of drug-likeness (QED) is 0.470. The molecule has 0 aliphatic rings. The molecule has 0 amide bonds. The molecule has 1 heterocycles. The van der Waals surface area contributed by atoms with Crippen LogP contribution in [-0.2, 0) is 22.1 Å². The summed E-state index contributed by atoms with van der Waals surface area (Å²) in [7, 11) is 0. The van der Waals surface area contributed by atoms with Crippen LogP contribution in [0.15, 0.2) is 12.3 Å². The van der Waals surface area contributed by atoms with Crippen LogP contribution >= 0.6 is 0 Å². The summed E-state index contributed by atoms with van der Waals surface area (Å²) in [6.07, 6.45) is -4.63. The zero-order valence-corrected chi connectivity index (χ0v) is 8.84. The second-order valence-corrected chi connectivity index (χ2v) is 3.14. The van der Waals surface area contributed by atoms with Gasteiger partial charge in [-0.2, -0.15) is 17.6 Å². The lowest BCUT2D eigenvalue weighted by Gasteiger charge is -2.11. The van der Waals surface area contributed by atoms with Crippen LogP contribution in [-0.4, -0.2) is 17.6 Å². The van der Waals surface area contributed by atoms with E-state index in [9.17, 15) is 22.4 Å². The maximum Gasteiger partial charge on any atom is 0.416 e. The molecule has 3 nitrogen and oxygen atoms in total. The third kappa shape index (κ3) is 3.69. The summed E-state index contributed by atoms with van der Waals surface area (Å²) in [6, 6.07) is 0.258. The second-order valence-electron chi connectivity index (χ2n) is 3.14. The van der Waals surface area contributed by atoms with Crippen LogP contribution in [0.5, 0.6) is 0 Å². The maximum atomic E-state index is 12.6. The molecule has 0 spiro atoms. The molecule has 0 aliphatic heterocycles. The number of carbonyl (C=O) groups is 1. The number of alkyl halides is 3. The predicted molar refractivity (Wildman–Crippen MR) is 49.5 cm³/mol. The van der Waals surface area contributed by atoms with E-state index in [-0.39, 0.29) is 12.7 Å². The first kappa shape index (κ1) is 13.4. The first-order chi connectivity index (χ1) is 7.84. The van der Waals surface area contributed by atoms with Gasteiger partial charge in [-0.3, -0.25) is 4.79 Å². The van der Waals surface area contributed by atoms with Crippen molar-refractivity contribution in [1.82, 2.24) is 4.98 Å². The van der Waals surface area contributed by atoms with Crippen molar-refractivity contribution >= 4 is 5.97 Å². The van der Waals surface area contributed by atoms with Crippen molar-refractivity contribution in [3.05, 3.63) is 29.3 Å². The molecule has 0 unspecified atom stereocenters. The van der Waals surface area contributed by atoms with Crippen molar-refractivity contribution < 1.29 is 27.1 Å². The summed E-state index contributed by atoms with van der Waals surface area (Å²) in [4.78, 5) is 14.2. The number of ether oxygens (including phenoxy) is 1. The van der Waals surface area contributed by atoms with Gasteiger partial charge in [0.25, 0.3) is 0 Å². The van der Waals surface area contributed by atoms with Gasteiger partial charge in [0.1, 0.15) is 0 Å². The summed E-state index contributed by atoms with van der Waals surface area (Å²) in [5, 5.41) is 0. The van der Waals surface area contributed by atoms with Gasteiger partial charge in [0.05, 0.1) is 18.6 Å². The molecule has 0 fully saturated rings. The van der Waals surface area contributed by atoms with E-state index in [1.165, 1.54) is 6.92 Å². The number of hydrogen-bond donors (Lipinski definition) is 0. The van der Waals surface area contributed by atoms with Gasteiger partial charge in [0.2, 0.25) is 5.95 Å². The van der Waals surface area contributed by atoms with Gasteiger partial charge in [0.15, 0.2) is 0 Å². The van der Waals surface area contributed by atoms with Gasteiger partial charge in [0, 0.05) is 12.3 Å². The first-order valence-electron chi connectivity index (χ1n) is 4.71. The van der Waals surface area contributed by atoms with E-state index in [2.05, 4.69) is 9.72 Å². The molecule has 1 aromatic heterocycles. The smallest absolute Gasteiger partial charge is 0.416 e. The number of esters is 1. The van der Waals surface area contributed by atoms with Crippen LogP contribution in [0.2, 0.25) is 0 Å². The zero-order chi connectivity index (χ0) is 13.1. The highest BCUT2D eigenvalue weighted by atomic mass is 19.4. The molecule has 0 aromatic carbocycles. The third-order valence-electron chi connectivity index (χ3n) is 1.90. The summed E-state index contributed by atoms with van der Waals surface area (Å²) >= 11 is 0. The Morgan fingerprint density at radius 3 is 2.65 bits per heavy atom. The Labute approximate surface area is 94.4 Å². The fourth-order valence-corrected chi connectivity index (χ4v) is 1.23. The monoisotopic (exact) mass is 251 g/mol. The van der Waals surface area contributed by atoms with Gasteiger partial charge in [-0.05, 0) is 12.5 Å². The fraction of sp³-hybridized carbons (Fsp3) is 0.400. The van der Waals surface area contributed by atoms with Gasteiger partial charge < -0.3 is 4.74 Å². The fourth-order valence-electron chi connectivity index (χ4n) is 1.23. The van der Waals surface area contributed by atoms with Gasteiger partial charge in [-0.25, -0.2) is 4.98 Å². The van der Waals surface area contributed by atoms with Gasteiger partial charge in [-0.15, -0.1) is 0 Å². The molecule has 94 valence electrons. The van der Waals surface area contributed by atoms with Crippen LogP contribution in [0, 0.1) is 5.95 Å². The Hall–Kier alpha value is -1.66. The van der Waals surface area contributed by atoms with E-state index in [0.29, 0.717) is 6.20 Å². The molecule has 0 saturated carbocycles. The highest BCUT2D eigenvalue weighted by Gasteiger charge is 2.34. The maximum absolute atomic E-state index is 12.6. The average molecular weight is 251 g/mol. The lowest BCUT2D eigenvalue weighted by Crippen LogP contribution is -2.15. The highest BCUT2D eigenvalue weighted by Crippen LogP contribution is 2.32. The van der Waals surface area contributed by atoms with Crippen molar-refractivity contribution in [1.29, 1.82) is 0 Å². The van der Waals surface area contributed by atoms with Crippen LogP contribution in [0.25, 0.3) is 0 Å². The number of nitrogens with zero attached hydrogens (tertiary/aromatic N) is 1. The minimum Gasteiger partial charge on any atom is -0.466 e. The SMILES string of the molecule is CCOC(=O)Cc1cnc(F)cc1C(F)(F)F. The van der Waals surface area contributed by atoms with E-state index >= 15 is 0 Å². The molecule has 1 rings (SSSR count). The molecule has 17 heavy (non-hydrogen) atoms. The minimum atomic E-state index is -4.73. The van der Waals surface area contributed by atoms with Crippen molar-refractivity contribution in [3.8, 4) is 0 Å². The molecule has 0 atom stereocenters. The summed E-state index contributed by atoms with van der Waals surface area (Å²) in [5.41, 5.74) is -1.62. The van der Waals surface area contributed by atoms with Crippen molar-refractivity contribution in [2.24, 2.45) is 0 Å². The summed E-state index contributed by atoms with van der Waals surface area (Å²) < 4.78 is 54.7. The van der Waals surface area contributed by atoms with E-state index in [0.717, 1.165) is 0 Å². The summed E-state index contributed by atoms with van der Waals surface area (Å²) in [6.45, 7) is 1.60. The number of pyridine rings is 1. The molecule has 0 N–H and O–H groups in total. The lowest BCUT2D eigenvalue weighted by atomic mass is 10.1. The highest BCUT2D eigenvalue weighted by molar-refractivity contribution is 5.73. The molecule has 0 bridgehead atoms. The normalized spacial score (nSPS) is 11.4. The van der Waals surface area contributed by atoms with E-state index in [4.69, 9.17) is 0 Å². The molecule has 7 heteroatoms. The van der Waals surface area contributed by atoms with Crippen LogP contribution in [0.1, 0.15) is 18.1 Å². The third-order valence-corrected chi connectivity index (χ3v) is 1.90. The zero-order valence-electron chi connectivity index (χ0n) is 8.84. The predicted octanol–water partition coefficient (Wildman–Crippen LogP) is 2.35. The van der Waals surface area contributed by atoms with Crippen LogP contribution in [0.4, 0.5) is 17.6 Å². The van der Waals surface area contributed by atoms with Crippen molar-refractivity contribution in [2.45, 2.75) is 19.5 Å². The van der Waals surface area contributed by atoms with Crippen LogP contribution in [0.3, 0.4) is 0 Å². The Morgan fingerprint density at radius 2 is 2.12 bits per heavy atom. The number of carbonyl (C=O) groups excluding carboxylic acids is 1. The molecular formula is C10H9F4NO2. The van der Waals surface area contributed by atoms with Crippen molar-refractivity contribution in [2.75, 3.05) is 6.61 Å². The van der Waals surface area contributed by atoms with E-state index in [1.807, 2.05) is 0 Å². The van der Waals surface area contributed by atoms with Crippen molar-refractivity contribution in [3.63, 3.8) is 0 Å². The number of halogens is 4. The lowest BCUT2D eigenvalue weighted by molar-refractivity contribution is -0.143. The van der Waals surface area contributed by atoms with E-state index in [1.54, 1.807) is 0 Å². The van der Waals surface area contributed by atoms with Gasteiger partial charge >= 0.3 is 12.1 Å². The number of hydrogen-bond acceptors (Lipinski definition) is 3. The number of rotatable bonds is 3. The molecule has 0 saturated heterocycles. The Balaban J connectivity index is 3.03. The second kappa shape index (κ2) is 5.11.